The highest BCUT2D eigenvalue weighted by molar-refractivity contribution is 7.89. The fourth-order valence-electron chi connectivity index (χ4n) is 1.35. The summed E-state index contributed by atoms with van der Waals surface area (Å²) < 4.78 is 25.4. The minimum atomic E-state index is -3.57. The topological polar surface area (TPSA) is 105 Å². The quantitative estimate of drug-likeness (QED) is 0.643. The summed E-state index contributed by atoms with van der Waals surface area (Å²) in [4.78, 5) is 12.9. The standard InChI is InChI=1S/C11H18N4O3S/c1-13-19(17,18)10-5-4-8(6-9(10)12)14-7-11(16)15(2)3/h4-6,13-14H,7,12H2,1-3H3. The van der Waals surface area contributed by atoms with Crippen LogP contribution in [0.5, 0.6) is 0 Å². The first-order chi connectivity index (χ1) is 8.77. The molecule has 0 fully saturated rings. The van der Waals surface area contributed by atoms with E-state index in [1.54, 1.807) is 20.2 Å². The van der Waals surface area contributed by atoms with Crippen LogP contribution in [0.1, 0.15) is 0 Å². The molecule has 106 valence electrons. The van der Waals surface area contributed by atoms with Crippen LogP contribution in [0.3, 0.4) is 0 Å². The number of likely N-dealkylation sites (N-methyl/N-ethyl adjacent to an activating group) is 1. The lowest BCUT2D eigenvalue weighted by Gasteiger charge is -2.13. The monoisotopic (exact) mass is 286 g/mol. The molecule has 0 spiro atoms. The van der Waals surface area contributed by atoms with E-state index in [1.165, 1.54) is 24.1 Å². The Bertz CT molecular complexity index is 569. The SMILES string of the molecule is CNS(=O)(=O)c1ccc(NCC(=O)N(C)C)cc1N. The first kappa shape index (κ1) is 15.3. The molecule has 1 aromatic carbocycles. The van der Waals surface area contributed by atoms with E-state index in [2.05, 4.69) is 10.0 Å². The maximum Gasteiger partial charge on any atom is 0.242 e. The zero-order chi connectivity index (χ0) is 14.6. The van der Waals surface area contributed by atoms with E-state index in [0.717, 1.165) is 0 Å². The summed E-state index contributed by atoms with van der Waals surface area (Å²) in [7, 11) is 1.06. The summed E-state index contributed by atoms with van der Waals surface area (Å²) in [5, 5.41) is 2.88. The van der Waals surface area contributed by atoms with Crippen LogP contribution in [0.25, 0.3) is 0 Å². The molecule has 1 amide bonds. The number of nitrogen functional groups attached to an aromatic ring is 1. The van der Waals surface area contributed by atoms with E-state index in [4.69, 9.17) is 5.73 Å². The van der Waals surface area contributed by atoms with Gasteiger partial charge in [0.25, 0.3) is 0 Å². The molecule has 0 aliphatic rings. The molecule has 1 aromatic rings. The average Bonchev–Trinajstić information content (AvgIpc) is 2.35. The second-order valence-corrected chi connectivity index (χ2v) is 5.96. The number of benzene rings is 1. The number of anilines is 2. The van der Waals surface area contributed by atoms with Gasteiger partial charge in [-0.3, -0.25) is 4.79 Å². The third-order valence-corrected chi connectivity index (χ3v) is 4.00. The number of amides is 1. The molecular weight excluding hydrogens is 268 g/mol. The molecule has 0 aliphatic carbocycles. The van der Waals surface area contributed by atoms with Crippen molar-refractivity contribution in [2.24, 2.45) is 0 Å². The van der Waals surface area contributed by atoms with Gasteiger partial charge in [-0.2, -0.15) is 0 Å². The van der Waals surface area contributed by atoms with Crippen LogP contribution in [0.15, 0.2) is 23.1 Å². The number of hydrogen-bond donors (Lipinski definition) is 3. The molecular formula is C11H18N4O3S. The Morgan fingerprint density at radius 2 is 2.00 bits per heavy atom. The summed E-state index contributed by atoms with van der Waals surface area (Å²) in [6.45, 7) is 0.116. The molecule has 0 aliphatic heterocycles. The Morgan fingerprint density at radius 1 is 1.37 bits per heavy atom. The molecule has 0 aromatic heterocycles. The van der Waals surface area contributed by atoms with Crippen molar-refractivity contribution in [3.63, 3.8) is 0 Å². The van der Waals surface area contributed by atoms with Gasteiger partial charge in [-0.05, 0) is 25.2 Å². The predicted molar refractivity (Wildman–Crippen MR) is 74.3 cm³/mol. The van der Waals surface area contributed by atoms with Crippen LogP contribution >= 0.6 is 0 Å². The van der Waals surface area contributed by atoms with E-state index in [0.29, 0.717) is 5.69 Å². The Labute approximate surface area is 112 Å². The van der Waals surface area contributed by atoms with Gasteiger partial charge in [0.1, 0.15) is 4.90 Å². The minimum Gasteiger partial charge on any atom is -0.398 e. The van der Waals surface area contributed by atoms with Gasteiger partial charge >= 0.3 is 0 Å². The van der Waals surface area contributed by atoms with Crippen molar-refractivity contribution in [3.8, 4) is 0 Å². The fraction of sp³-hybridized carbons (Fsp3) is 0.364. The fourth-order valence-corrected chi connectivity index (χ4v) is 2.19. The van der Waals surface area contributed by atoms with Crippen LogP contribution in [0, 0.1) is 0 Å². The van der Waals surface area contributed by atoms with Gasteiger partial charge in [0.15, 0.2) is 0 Å². The van der Waals surface area contributed by atoms with Crippen LogP contribution < -0.4 is 15.8 Å². The molecule has 4 N–H and O–H groups in total. The van der Waals surface area contributed by atoms with Gasteiger partial charge in [0.05, 0.1) is 12.2 Å². The molecule has 0 unspecified atom stereocenters. The second-order valence-electron chi connectivity index (χ2n) is 4.10. The van der Waals surface area contributed by atoms with E-state index >= 15 is 0 Å². The van der Waals surface area contributed by atoms with Crippen molar-refractivity contribution >= 4 is 27.3 Å². The molecule has 1 rings (SSSR count). The smallest absolute Gasteiger partial charge is 0.242 e. The molecule has 0 radical (unpaired) electrons. The number of sulfonamides is 1. The summed E-state index contributed by atoms with van der Waals surface area (Å²) in [5.41, 5.74) is 6.40. The summed E-state index contributed by atoms with van der Waals surface area (Å²) in [5.74, 6) is -0.0921. The van der Waals surface area contributed by atoms with Gasteiger partial charge in [-0.25, -0.2) is 13.1 Å². The van der Waals surface area contributed by atoms with Gasteiger partial charge in [-0.15, -0.1) is 0 Å². The number of rotatable bonds is 5. The highest BCUT2D eigenvalue weighted by Crippen LogP contribution is 2.21. The number of nitrogens with one attached hydrogen (secondary N) is 2. The van der Waals surface area contributed by atoms with Crippen molar-refractivity contribution in [1.29, 1.82) is 0 Å². The van der Waals surface area contributed by atoms with Gasteiger partial charge in [0, 0.05) is 19.8 Å². The number of carbonyl (C=O) groups excluding carboxylic acids is 1. The van der Waals surface area contributed by atoms with Crippen LogP contribution in [0.2, 0.25) is 0 Å². The molecule has 0 saturated carbocycles. The normalized spacial score (nSPS) is 11.1. The number of nitrogens with two attached hydrogens (primary N) is 1. The van der Waals surface area contributed by atoms with Gasteiger partial charge in [0.2, 0.25) is 15.9 Å². The summed E-state index contributed by atoms with van der Waals surface area (Å²) >= 11 is 0. The predicted octanol–water partition coefficient (Wildman–Crippen LogP) is -0.323. The van der Waals surface area contributed by atoms with Gasteiger partial charge in [-0.1, -0.05) is 0 Å². The molecule has 0 bridgehead atoms. The first-order valence-electron chi connectivity index (χ1n) is 5.55. The van der Waals surface area contributed by atoms with E-state index in [1.807, 2.05) is 0 Å². The third-order valence-electron chi connectivity index (χ3n) is 2.51. The number of nitrogens with zero attached hydrogens (tertiary/aromatic N) is 1. The zero-order valence-corrected chi connectivity index (χ0v) is 11.9. The molecule has 0 heterocycles. The van der Waals surface area contributed by atoms with Crippen molar-refractivity contribution in [2.45, 2.75) is 4.90 Å². The zero-order valence-electron chi connectivity index (χ0n) is 11.1. The Balaban J connectivity index is 2.87. The Kier molecular flexibility index (Phi) is 4.73. The van der Waals surface area contributed by atoms with Crippen molar-refractivity contribution < 1.29 is 13.2 Å². The third kappa shape index (κ3) is 3.83. The highest BCUT2D eigenvalue weighted by atomic mass is 32.2. The summed E-state index contributed by atoms with van der Waals surface area (Å²) in [6.07, 6.45) is 0. The lowest BCUT2D eigenvalue weighted by Crippen LogP contribution is -2.28. The van der Waals surface area contributed by atoms with Gasteiger partial charge < -0.3 is 16.0 Å². The van der Waals surface area contributed by atoms with Crippen LogP contribution in [-0.4, -0.2) is 46.9 Å². The summed E-state index contributed by atoms with van der Waals surface area (Å²) in [6, 6.07) is 4.43. The molecule has 19 heavy (non-hydrogen) atoms. The Hall–Kier alpha value is -1.80. The number of hydrogen-bond acceptors (Lipinski definition) is 5. The maximum absolute atomic E-state index is 11.6. The highest BCUT2D eigenvalue weighted by Gasteiger charge is 2.15. The average molecular weight is 286 g/mol. The van der Waals surface area contributed by atoms with Crippen molar-refractivity contribution in [3.05, 3.63) is 18.2 Å². The molecule has 7 nitrogen and oxygen atoms in total. The largest absolute Gasteiger partial charge is 0.398 e. The van der Waals surface area contributed by atoms with Crippen molar-refractivity contribution in [2.75, 3.05) is 38.7 Å². The lowest BCUT2D eigenvalue weighted by atomic mass is 10.3. The van der Waals surface area contributed by atoms with E-state index in [-0.39, 0.29) is 23.0 Å². The Morgan fingerprint density at radius 3 is 2.47 bits per heavy atom. The van der Waals surface area contributed by atoms with Crippen molar-refractivity contribution in [1.82, 2.24) is 9.62 Å². The van der Waals surface area contributed by atoms with Crippen LogP contribution in [0.4, 0.5) is 11.4 Å². The lowest BCUT2D eigenvalue weighted by molar-refractivity contribution is -0.126. The van der Waals surface area contributed by atoms with E-state index < -0.39 is 10.0 Å². The van der Waals surface area contributed by atoms with E-state index in [9.17, 15) is 13.2 Å². The second kappa shape index (κ2) is 5.89. The minimum absolute atomic E-state index is 0.0134. The molecule has 0 atom stereocenters. The molecule has 8 heteroatoms. The first-order valence-corrected chi connectivity index (χ1v) is 7.03. The maximum atomic E-state index is 11.6. The van der Waals surface area contributed by atoms with Crippen LogP contribution in [-0.2, 0) is 14.8 Å². The number of carbonyl (C=O) groups is 1. The molecule has 0 saturated heterocycles.